The van der Waals surface area contributed by atoms with E-state index in [9.17, 15) is 26.4 Å². The Bertz CT molecular complexity index is 640. The van der Waals surface area contributed by atoms with Crippen molar-refractivity contribution in [3.05, 3.63) is 27.6 Å². The Morgan fingerprint density at radius 2 is 1.67 bits per heavy atom. The summed E-state index contributed by atoms with van der Waals surface area (Å²) in [6.07, 6.45) is 0. The molecule has 0 unspecified atom stereocenters. The van der Waals surface area contributed by atoms with Gasteiger partial charge in [-0.25, -0.2) is 8.42 Å². The first-order valence-electron chi connectivity index (χ1n) is 4.79. The Morgan fingerprint density at radius 1 is 1.19 bits per heavy atom. The van der Waals surface area contributed by atoms with E-state index >= 15 is 0 Å². The summed E-state index contributed by atoms with van der Waals surface area (Å²) in [7, 11) is -5.69. The molecule has 1 aromatic rings. The molecule has 0 aliphatic carbocycles. The van der Waals surface area contributed by atoms with Crippen molar-refractivity contribution in [2.75, 3.05) is 6.54 Å². The van der Waals surface area contributed by atoms with Crippen LogP contribution in [0, 0.1) is 10.7 Å². The van der Waals surface area contributed by atoms with Crippen molar-refractivity contribution < 1.29 is 31.1 Å². The SMILES string of the molecule is O=C(C[N-]S(=O)(=O)C(F)(F)F)Oc1c(I)cc(I)cc1I. The third-order valence-electron chi connectivity index (χ3n) is 1.84. The zero-order chi connectivity index (χ0) is 16.4. The van der Waals surface area contributed by atoms with Gasteiger partial charge in [0, 0.05) is 3.57 Å². The van der Waals surface area contributed by atoms with Crippen LogP contribution in [0.15, 0.2) is 12.1 Å². The molecular weight excluding hydrogens is 656 g/mol. The first-order chi connectivity index (χ1) is 9.44. The molecule has 12 heteroatoms. The molecule has 0 aliphatic rings. The molecule has 5 nitrogen and oxygen atoms in total. The summed E-state index contributed by atoms with van der Waals surface area (Å²) in [5.74, 6) is -1.04. The van der Waals surface area contributed by atoms with Gasteiger partial charge < -0.3 is 9.46 Å². The van der Waals surface area contributed by atoms with E-state index in [0.717, 1.165) is 3.57 Å². The predicted octanol–water partition coefficient (Wildman–Crippen LogP) is 3.63. The highest BCUT2D eigenvalue weighted by molar-refractivity contribution is 14.1. The molecule has 0 bridgehead atoms. The second-order valence-electron chi connectivity index (χ2n) is 3.38. The Labute approximate surface area is 158 Å². The number of alkyl halides is 3. The lowest BCUT2D eigenvalue weighted by molar-refractivity contribution is -0.132. The van der Waals surface area contributed by atoms with Crippen molar-refractivity contribution >= 4 is 83.8 Å². The summed E-state index contributed by atoms with van der Waals surface area (Å²) in [5.41, 5.74) is -5.53. The number of esters is 1. The quantitative estimate of drug-likeness (QED) is 0.281. The molecule has 0 atom stereocenters. The van der Waals surface area contributed by atoms with E-state index in [4.69, 9.17) is 4.74 Å². The van der Waals surface area contributed by atoms with Gasteiger partial charge in [0.2, 0.25) is 0 Å². The molecule has 118 valence electrons. The van der Waals surface area contributed by atoms with E-state index in [2.05, 4.69) is 4.72 Å². The molecule has 0 N–H and O–H groups in total. The van der Waals surface area contributed by atoms with Crippen LogP contribution in [0.3, 0.4) is 0 Å². The van der Waals surface area contributed by atoms with E-state index in [0.29, 0.717) is 7.14 Å². The minimum Gasteiger partial charge on any atom is -0.532 e. The number of ether oxygens (including phenoxy) is 1. The van der Waals surface area contributed by atoms with Gasteiger partial charge in [0.25, 0.3) is 5.97 Å². The summed E-state index contributed by atoms with van der Waals surface area (Å²) in [4.78, 5) is 11.4. The maximum Gasteiger partial charge on any atom is 0.480 e. The third kappa shape index (κ3) is 5.61. The lowest BCUT2D eigenvalue weighted by Crippen LogP contribution is -2.25. The van der Waals surface area contributed by atoms with Gasteiger partial charge in [-0.1, -0.05) is 0 Å². The van der Waals surface area contributed by atoms with E-state index in [1.165, 1.54) is 0 Å². The number of hydrogen-bond donors (Lipinski definition) is 0. The monoisotopic (exact) mass is 660 g/mol. The minimum atomic E-state index is -5.69. The van der Waals surface area contributed by atoms with Gasteiger partial charge >= 0.3 is 5.51 Å². The average Bonchev–Trinajstić information content (AvgIpc) is 2.30. The van der Waals surface area contributed by atoms with Crippen LogP contribution in [0.4, 0.5) is 13.2 Å². The zero-order valence-electron chi connectivity index (χ0n) is 9.62. The molecule has 0 heterocycles. The Balaban J connectivity index is 2.77. The van der Waals surface area contributed by atoms with Crippen LogP contribution < -0.4 is 4.74 Å². The second-order valence-corrected chi connectivity index (χ2v) is 8.62. The van der Waals surface area contributed by atoms with Crippen LogP contribution in [-0.2, 0) is 14.8 Å². The Morgan fingerprint density at radius 3 is 2.10 bits per heavy atom. The van der Waals surface area contributed by atoms with Crippen molar-refractivity contribution in [2.24, 2.45) is 0 Å². The maximum atomic E-state index is 12.0. The van der Waals surface area contributed by atoms with Gasteiger partial charge in [0.05, 0.1) is 7.14 Å². The highest BCUT2D eigenvalue weighted by Crippen LogP contribution is 2.30. The van der Waals surface area contributed by atoms with Crippen molar-refractivity contribution in [1.29, 1.82) is 0 Å². The molecular formula is C9H4F3I3NO4S-. The summed E-state index contributed by atoms with van der Waals surface area (Å²) < 4.78 is 66.7. The van der Waals surface area contributed by atoms with E-state index in [-0.39, 0.29) is 5.75 Å². The van der Waals surface area contributed by atoms with E-state index < -0.39 is 28.0 Å². The molecule has 1 aromatic carbocycles. The van der Waals surface area contributed by atoms with Crippen LogP contribution in [-0.4, -0.2) is 26.4 Å². The molecule has 0 radical (unpaired) electrons. The fourth-order valence-electron chi connectivity index (χ4n) is 0.983. The van der Waals surface area contributed by atoms with Gasteiger partial charge in [0.15, 0.2) is 15.8 Å². The van der Waals surface area contributed by atoms with Crippen LogP contribution >= 0.6 is 67.8 Å². The molecule has 0 aromatic heterocycles. The molecule has 0 spiro atoms. The van der Waals surface area contributed by atoms with E-state index in [1.54, 1.807) is 12.1 Å². The highest BCUT2D eigenvalue weighted by atomic mass is 127. The number of sulfonamides is 1. The first kappa shape index (κ1) is 19.6. The Kier molecular flexibility index (Phi) is 6.95. The second kappa shape index (κ2) is 7.43. The molecule has 0 amide bonds. The van der Waals surface area contributed by atoms with Crippen LogP contribution in [0.1, 0.15) is 0 Å². The highest BCUT2D eigenvalue weighted by Gasteiger charge is 2.38. The number of hydrogen-bond acceptors (Lipinski definition) is 4. The number of carbonyl (C=O) groups excluding carboxylic acids is 1. The predicted molar refractivity (Wildman–Crippen MR) is 93.4 cm³/mol. The fraction of sp³-hybridized carbons (Fsp3) is 0.222. The van der Waals surface area contributed by atoms with Gasteiger partial charge in [-0.15, -0.1) is 0 Å². The largest absolute Gasteiger partial charge is 0.532 e. The van der Waals surface area contributed by atoms with Crippen molar-refractivity contribution in [3.8, 4) is 5.75 Å². The summed E-state index contributed by atoms with van der Waals surface area (Å²) >= 11 is 5.82. The van der Waals surface area contributed by atoms with Crippen molar-refractivity contribution in [2.45, 2.75) is 5.51 Å². The summed E-state index contributed by atoms with van der Waals surface area (Å²) in [6, 6.07) is 3.38. The van der Waals surface area contributed by atoms with Gasteiger partial charge in [-0.2, -0.15) is 13.2 Å². The average molecular weight is 660 g/mol. The van der Waals surface area contributed by atoms with Crippen LogP contribution in [0.25, 0.3) is 4.72 Å². The lowest BCUT2D eigenvalue weighted by Gasteiger charge is -2.20. The lowest BCUT2D eigenvalue weighted by atomic mass is 10.3. The normalized spacial score (nSPS) is 12.3. The minimum absolute atomic E-state index is 0.154. The van der Waals surface area contributed by atoms with Crippen molar-refractivity contribution in [3.63, 3.8) is 0 Å². The van der Waals surface area contributed by atoms with E-state index in [1.807, 2.05) is 67.8 Å². The van der Waals surface area contributed by atoms with Gasteiger partial charge in [0.1, 0.15) is 0 Å². The van der Waals surface area contributed by atoms with Crippen LogP contribution in [0.2, 0.25) is 0 Å². The number of carbonyl (C=O) groups is 1. The summed E-state index contributed by atoms with van der Waals surface area (Å²) in [5, 5.41) is 0. The molecule has 0 fully saturated rings. The maximum absolute atomic E-state index is 12.0. The van der Waals surface area contributed by atoms with Gasteiger partial charge in [-0.05, 0) is 86.5 Å². The molecule has 1 rings (SSSR count). The number of nitrogens with zero attached hydrogens (tertiary/aromatic N) is 1. The first-order valence-corrected chi connectivity index (χ1v) is 9.47. The van der Waals surface area contributed by atoms with Gasteiger partial charge in [-0.3, -0.25) is 4.79 Å². The number of rotatable bonds is 4. The van der Waals surface area contributed by atoms with Crippen molar-refractivity contribution in [1.82, 2.24) is 0 Å². The molecule has 0 aliphatic heterocycles. The zero-order valence-corrected chi connectivity index (χ0v) is 16.9. The Hall–Kier alpha value is 0.580. The topological polar surface area (TPSA) is 74.5 Å². The number of halogens is 6. The summed E-state index contributed by atoms with van der Waals surface area (Å²) in [6.45, 7) is -1.24. The fourth-order valence-corrected chi connectivity index (χ4v) is 5.21. The standard InChI is InChI=1S/C9H4F3I3NO4S/c10-9(11,12)21(18,19)16-3-7(17)20-8-5(14)1-4(13)2-6(8)15/h1-2H,3H2/q-1. The molecule has 0 saturated heterocycles. The number of benzene rings is 1. The third-order valence-corrected chi connectivity index (χ3v) is 5.11. The van der Waals surface area contributed by atoms with Crippen LogP contribution in [0.5, 0.6) is 5.75 Å². The molecule has 0 saturated carbocycles. The molecule has 21 heavy (non-hydrogen) atoms. The smallest absolute Gasteiger partial charge is 0.480 e.